The SMILES string of the molecule is CC(C)(C)NCCNC(=O)CN(CCN(CC(=O)O)CC(=O)O)CC(=O)O. The Morgan fingerprint density at radius 1 is 0.741 bits per heavy atom. The number of hydrogen-bond acceptors (Lipinski definition) is 7. The Hall–Kier alpha value is -2.24. The van der Waals surface area contributed by atoms with Crippen molar-refractivity contribution in [1.29, 1.82) is 0 Å². The highest BCUT2D eigenvalue weighted by Crippen LogP contribution is 1.97. The van der Waals surface area contributed by atoms with Crippen molar-refractivity contribution in [3.05, 3.63) is 0 Å². The number of carboxylic acids is 3. The molecule has 0 heterocycles. The molecule has 11 heteroatoms. The molecule has 0 saturated carbocycles. The minimum absolute atomic E-state index is 0.00470. The van der Waals surface area contributed by atoms with Gasteiger partial charge in [-0.3, -0.25) is 29.0 Å². The lowest BCUT2D eigenvalue weighted by atomic mass is 10.1. The van der Waals surface area contributed by atoms with Crippen LogP contribution in [0.15, 0.2) is 0 Å². The Labute approximate surface area is 158 Å². The molecule has 0 aliphatic carbocycles. The Morgan fingerprint density at radius 3 is 1.52 bits per heavy atom. The van der Waals surface area contributed by atoms with E-state index in [-0.39, 0.29) is 31.1 Å². The van der Waals surface area contributed by atoms with Gasteiger partial charge in [0.1, 0.15) is 0 Å². The van der Waals surface area contributed by atoms with E-state index in [0.29, 0.717) is 13.1 Å². The zero-order valence-corrected chi connectivity index (χ0v) is 16.0. The molecule has 0 aromatic heterocycles. The summed E-state index contributed by atoms with van der Waals surface area (Å²) in [6.07, 6.45) is 0. The molecule has 0 aromatic carbocycles. The molecule has 0 radical (unpaired) electrons. The smallest absolute Gasteiger partial charge is 0.317 e. The van der Waals surface area contributed by atoms with Gasteiger partial charge in [-0.25, -0.2) is 0 Å². The second-order valence-electron chi connectivity index (χ2n) is 7.13. The Bertz CT molecular complexity index is 503. The van der Waals surface area contributed by atoms with Crippen molar-refractivity contribution in [3.63, 3.8) is 0 Å². The third-order valence-electron chi connectivity index (χ3n) is 3.28. The van der Waals surface area contributed by atoms with Crippen molar-refractivity contribution in [3.8, 4) is 0 Å². The highest BCUT2D eigenvalue weighted by molar-refractivity contribution is 5.79. The summed E-state index contributed by atoms with van der Waals surface area (Å²) in [6, 6.07) is 0. The minimum Gasteiger partial charge on any atom is -0.480 e. The standard InChI is InChI=1S/C16H30N4O7/c1-16(2,3)18-5-4-17-12(21)8-19(9-13(22)23)6-7-20(10-14(24)25)11-15(26)27/h18H,4-11H2,1-3H3,(H,17,21)(H,22,23)(H,24,25)(H,26,27). The van der Waals surface area contributed by atoms with Gasteiger partial charge < -0.3 is 26.0 Å². The maximum Gasteiger partial charge on any atom is 0.317 e. The molecule has 156 valence electrons. The van der Waals surface area contributed by atoms with Crippen LogP contribution in [0, 0.1) is 0 Å². The van der Waals surface area contributed by atoms with Crippen molar-refractivity contribution in [2.75, 3.05) is 52.4 Å². The van der Waals surface area contributed by atoms with Gasteiger partial charge in [0.15, 0.2) is 0 Å². The monoisotopic (exact) mass is 390 g/mol. The molecule has 0 spiro atoms. The number of rotatable bonds is 14. The van der Waals surface area contributed by atoms with E-state index in [1.54, 1.807) is 0 Å². The third-order valence-corrected chi connectivity index (χ3v) is 3.28. The second-order valence-corrected chi connectivity index (χ2v) is 7.13. The minimum atomic E-state index is -1.19. The van der Waals surface area contributed by atoms with Crippen LogP contribution in [0.25, 0.3) is 0 Å². The van der Waals surface area contributed by atoms with Crippen molar-refractivity contribution < 1.29 is 34.5 Å². The molecule has 5 N–H and O–H groups in total. The van der Waals surface area contributed by atoms with Crippen molar-refractivity contribution in [2.24, 2.45) is 0 Å². The molecule has 0 rings (SSSR count). The number of carbonyl (C=O) groups excluding carboxylic acids is 1. The second kappa shape index (κ2) is 12.2. The van der Waals surface area contributed by atoms with E-state index < -0.39 is 37.5 Å². The number of aliphatic carboxylic acids is 3. The van der Waals surface area contributed by atoms with Crippen molar-refractivity contribution >= 4 is 23.8 Å². The van der Waals surface area contributed by atoms with Crippen LogP contribution in [0.3, 0.4) is 0 Å². The lowest BCUT2D eigenvalue weighted by Gasteiger charge is -2.24. The molecule has 0 aromatic rings. The van der Waals surface area contributed by atoms with Gasteiger partial charge in [0, 0.05) is 31.7 Å². The molecule has 27 heavy (non-hydrogen) atoms. The first-order chi connectivity index (χ1) is 12.4. The maximum absolute atomic E-state index is 12.0. The molecule has 0 aliphatic rings. The van der Waals surface area contributed by atoms with Crippen LogP contribution in [0.1, 0.15) is 20.8 Å². The number of nitrogens with one attached hydrogen (secondary N) is 2. The van der Waals surface area contributed by atoms with Gasteiger partial charge in [-0.05, 0) is 20.8 Å². The van der Waals surface area contributed by atoms with E-state index >= 15 is 0 Å². The first-order valence-corrected chi connectivity index (χ1v) is 8.51. The van der Waals surface area contributed by atoms with Gasteiger partial charge in [0.05, 0.1) is 26.2 Å². The van der Waals surface area contributed by atoms with Gasteiger partial charge in [-0.2, -0.15) is 0 Å². The topological polar surface area (TPSA) is 160 Å². The van der Waals surface area contributed by atoms with Gasteiger partial charge >= 0.3 is 17.9 Å². The first kappa shape index (κ1) is 24.8. The van der Waals surface area contributed by atoms with Crippen LogP contribution in [0.4, 0.5) is 0 Å². The van der Waals surface area contributed by atoms with Crippen LogP contribution >= 0.6 is 0 Å². The lowest BCUT2D eigenvalue weighted by molar-refractivity contribution is -0.143. The predicted molar refractivity (Wildman–Crippen MR) is 96.6 cm³/mol. The average Bonchev–Trinajstić information content (AvgIpc) is 2.46. The van der Waals surface area contributed by atoms with Crippen molar-refractivity contribution in [1.82, 2.24) is 20.4 Å². The summed E-state index contributed by atoms with van der Waals surface area (Å²) in [6.45, 7) is 5.37. The first-order valence-electron chi connectivity index (χ1n) is 8.51. The summed E-state index contributed by atoms with van der Waals surface area (Å²) >= 11 is 0. The van der Waals surface area contributed by atoms with Crippen LogP contribution < -0.4 is 10.6 Å². The highest BCUT2D eigenvalue weighted by Gasteiger charge is 2.18. The molecule has 1 amide bonds. The number of carboxylic acid groups (broad SMARTS) is 3. The summed E-state index contributed by atoms with van der Waals surface area (Å²) in [5.41, 5.74) is -0.0855. The fourth-order valence-electron chi connectivity index (χ4n) is 2.18. The molecule has 0 bridgehead atoms. The van der Waals surface area contributed by atoms with E-state index in [4.69, 9.17) is 15.3 Å². The molecule has 0 atom stereocenters. The third kappa shape index (κ3) is 15.7. The molecule has 0 saturated heterocycles. The quantitative estimate of drug-likeness (QED) is 0.217. The van der Waals surface area contributed by atoms with Gasteiger partial charge in [0.2, 0.25) is 5.91 Å². The molecule has 11 nitrogen and oxygen atoms in total. The zero-order valence-electron chi connectivity index (χ0n) is 16.0. The summed E-state index contributed by atoms with van der Waals surface area (Å²) in [5.74, 6) is -3.88. The Balaban J connectivity index is 4.54. The normalized spacial score (nSPS) is 11.6. The van der Waals surface area contributed by atoms with Gasteiger partial charge in [-0.1, -0.05) is 0 Å². The van der Waals surface area contributed by atoms with E-state index in [2.05, 4.69) is 10.6 Å². The fraction of sp³-hybridized carbons (Fsp3) is 0.750. The number of nitrogens with zero attached hydrogens (tertiary/aromatic N) is 2. The average molecular weight is 390 g/mol. The summed E-state index contributed by atoms with van der Waals surface area (Å²) in [5, 5.41) is 32.5. The summed E-state index contributed by atoms with van der Waals surface area (Å²) in [7, 11) is 0. The van der Waals surface area contributed by atoms with Crippen LogP contribution in [0.2, 0.25) is 0 Å². The van der Waals surface area contributed by atoms with E-state index in [9.17, 15) is 19.2 Å². The molecule has 0 aliphatic heterocycles. The van der Waals surface area contributed by atoms with Crippen LogP contribution in [-0.4, -0.2) is 107 Å². The van der Waals surface area contributed by atoms with Crippen molar-refractivity contribution in [2.45, 2.75) is 26.3 Å². The largest absolute Gasteiger partial charge is 0.480 e. The Kier molecular flexibility index (Phi) is 11.2. The lowest BCUT2D eigenvalue weighted by Crippen LogP contribution is -2.46. The van der Waals surface area contributed by atoms with Gasteiger partial charge in [-0.15, -0.1) is 0 Å². The number of hydrogen-bond donors (Lipinski definition) is 5. The Morgan fingerprint density at radius 2 is 1.15 bits per heavy atom. The van der Waals surface area contributed by atoms with E-state index in [1.807, 2.05) is 20.8 Å². The molecular formula is C16H30N4O7. The van der Waals surface area contributed by atoms with E-state index in [1.165, 1.54) is 4.90 Å². The molecular weight excluding hydrogens is 360 g/mol. The highest BCUT2D eigenvalue weighted by atomic mass is 16.4. The number of amides is 1. The fourth-order valence-corrected chi connectivity index (χ4v) is 2.18. The molecule has 0 fully saturated rings. The summed E-state index contributed by atoms with van der Waals surface area (Å²) in [4.78, 5) is 47.0. The van der Waals surface area contributed by atoms with E-state index in [0.717, 1.165) is 4.90 Å². The summed E-state index contributed by atoms with van der Waals surface area (Å²) < 4.78 is 0. The maximum atomic E-state index is 12.0. The predicted octanol–water partition coefficient (Wildman–Crippen LogP) is -1.65. The van der Waals surface area contributed by atoms with Gasteiger partial charge in [0.25, 0.3) is 0 Å². The molecule has 0 unspecified atom stereocenters. The van der Waals surface area contributed by atoms with Crippen LogP contribution in [0.5, 0.6) is 0 Å². The number of carbonyl (C=O) groups is 4. The van der Waals surface area contributed by atoms with Crippen LogP contribution in [-0.2, 0) is 19.2 Å². The zero-order chi connectivity index (χ0) is 21.0.